The van der Waals surface area contributed by atoms with Crippen LogP contribution in [0.5, 0.6) is 0 Å². The van der Waals surface area contributed by atoms with Crippen LogP contribution in [0.4, 0.5) is 0 Å². The second-order valence-electron chi connectivity index (χ2n) is 5.21. The summed E-state index contributed by atoms with van der Waals surface area (Å²) >= 11 is 1.87. The van der Waals surface area contributed by atoms with Crippen molar-refractivity contribution in [2.75, 3.05) is 26.7 Å². The van der Waals surface area contributed by atoms with Crippen molar-refractivity contribution in [2.45, 2.75) is 36.0 Å². The Morgan fingerprint density at radius 2 is 2.14 bits per heavy atom. The van der Waals surface area contributed by atoms with Gasteiger partial charge in [0.05, 0.1) is 6.10 Å². The van der Waals surface area contributed by atoms with Crippen LogP contribution in [0.3, 0.4) is 0 Å². The van der Waals surface area contributed by atoms with Crippen molar-refractivity contribution in [2.24, 2.45) is 4.99 Å². The first-order chi connectivity index (χ1) is 10.3. The number of hydrogen-bond acceptors (Lipinski definition) is 3. The van der Waals surface area contributed by atoms with E-state index in [0.717, 1.165) is 32.1 Å². The summed E-state index contributed by atoms with van der Waals surface area (Å²) < 4.78 is 5.60. The zero-order valence-corrected chi connectivity index (χ0v) is 16.4. The third-order valence-corrected chi connectivity index (χ3v) is 4.50. The van der Waals surface area contributed by atoms with Gasteiger partial charge < -0.3 is 15.4 Å². The van der Waals surface area contributed by atoms with Crippen molar-refractivity contribution in [3.05, 3.63) is 30.3 Å². The number of guanidine groups is 1. The highest BCUT2D eigenvalue weighted by atomic mass is 127. The number of nitrogens with one attached hydrogen (secondary N) is 2. The van der Waals surface area contributed by atoms with Crippen LogP contribution in [-0.2, 0) is 4.74 Å². The Kier molecular flexibility index (Phi) is 9.90. The van der Waals surface area contributed by atoms with Crippen molar-refractivity contribution >= 4 is 41.7 Å². The number of thioether (sulfide) groups is 1. The van der Waals surface area contributed by atoms with E-state index in [1.807, 2.05) is 17.8 Å². The van der Waals surface area contributed by atoms with Gasteiger partial charge in [-0.2, -0.15) is 0 Å². The van der Waals surface area contributed by atoms with Gasteiger partial charge in [0, 0.05) is 36.9 Å². The topological polar surface area (TPSA) is 45.7 Å². The molecule has 1 aliphatic heterocycles. The maximum absolute atomic E-state index is 5.60. The van der Waals surface area contributed by atoms with Crippen molar-refractivity contribution in [3.63, 3.8) is 0 Å². The molecule has 1 aromatic rings. The number of halogens is 1. The fourth-order valence-electron chi connectivity index (χ4n) is 2.25. The Morgan fingerprint density at radius 3 is 2.77 bits per heavy atom. The fourth-order valence-corrected chi connectivity index (χ4v) is 3.20. The van der Waals surface area contributed by atoms with Gasteiger partial charge >= 0.3 is 0 Å². The second-order valence-corrected chi connectivity index (χ2v) is 6.72. The van der Waals surface area contributed by atoms with Crippen molar-refractivity contribution in [3.8, 4) is 0 Å². The van der Waals surface area contributed by atoms with Gasteiger partial charge in [-0.05, 0) is 25.0 Å². The number of rotatable bonds is 6. The molecular formula is C16H26IN3OS. The minimum Gasteiger partial charge on any atom is -0.376 e. The zero-order chi connectivity index (χ0) is 14.9. The van der Waals surface area contributed by atoms with Gasteiger partial charge in [0.2, 0.25) is 0 Å². The van der Waals surface area contributed by atoms with Crippen LogP contribution in [0.1, 0.15) is 19.8 Å². The van der Waals surface area contributed by atoms with E-state index in [4.69, 9.17) is 4.74 Å². The molecule has 124 valence electrons. The lowest BCUT2D eigenvalue weighted by Gasteiger charge is -2.17. The maximum Gasteiger partial charge on any atom is 0.191 e. The average molecular weight is 435 g/mol. The van der Waals surface area contributed by atoms with E-state index in [0.29, 0.717) is 11.4 Å². The lowest BCUT2D eigenvalue weighted by molar-refractivity contribution is 0.114. The molecule has 1 saturated heterocycles. The molecule has 2 atom stereocenters. The SMILES string of the molecule is CN=C(NCC1CCCO1)NCC(C)Sc1ccccc1.I. The molecule has 1 aliphatic rings. The third-order valence-electron chi connectivity index (χ3n) is 3.38. The summed E-state index contributed by atoms with van der Waals surface area (Å²) in [5.74, 6) is 0.853. The molecule has 1 heterocycles. The van der Waals surface area contributed by atoms with E-state index >= 15 is 0 Å². The van der Waals surface area contributed by atoms with Gasteiger partial charge in [0.25, 0.3) is 0 Å². The summed E-state index contributed by atoms with van der Waals surface area (Å²) in [5, 5.41) is 7.19. The molecule has 0 aliphatic carbocycles. The third kappa shape index (κ3) is 7.19. The molecule has 1 aromatic carbocycles. The molecular weight excluding hydrogens is 409 g/mol. The van der Waals surface area contributed by atoms with E-state index in [2.05, 4.69) is 46.8 Å². The first-order valence-electron chi connectivity index (χ1n) is 7.55. The van der Waals surface area contributed by atoms with Crippen LogP contribution in [0.15, 0.2) is 40.2 Å². The maximum atomic E-state index is 5.60. The van der Waals surface area contributed by atoms with Crippen LogP contribution in [0.2, 0.25) is 0 Å². The predicted molar refractivity (Wildman–Crippen MR) is 106 cm³/mol. The van der Waals surface area contributed by atoms with E-state index in [9.17, 15) is 0 Å². The Balaban J connectivity index is 0.00000242. The highest BCUT2D eigenvalue weighted by Gasteiger charge is 2.15. The van der Waals surface area contributed by atoms with Crippen LogP contribution in [0.25, 0.3) is 0 Å². The van der Waals surface area contributed by atoms with Crippen molar-refractivity contribution in [1.29, 1.82) is 0 Å². The van der Waals surface area contributed by atoms with Gasteiger partial charge in [-0.15, -0.1) is 35.7 Å². The van der Waals surface area contributed by atoms with E-state index in [-0.39, 0.29) is 24.0 Å². The largest absolute Gasteiger partial charge is 0.376 e. The van der Waals surface area contributed by atoms with Gasteiger partial charge in [-0.3, -0.25) is 4.99 Å². The highest BCUT2D eigenvalue weighted by Crippen LogP contribution is 2.21. The van der Waals surface area contributed by atoms with E-state index in [1.54, 1.807) is 7.05 Å². The Labute approximate surface area is 154 Å². The van der Waals surface area contributed by atoms with Crippen molar-refractivity contribution in [1.82, 2.24) is 10.6 Å². The van der Waals surface area contributed by atoms with Crippen LogP contribution < -0.4 is 10.6 Å². The minimum atomic E-state index is 0. The van der Waals surface area contributed by atoms with Gasteiger partial charge in [0.15, 0.2) is 5.96 Å². The normalized spacial score (nSPS) is 19.4. The molecule has 4 nitrogen and oxygen atoms in total. The standard InChI is InChI=1S/C16H25N3OS.HI/c1-13(21-15-8-4-3-5-9-15)11-18-16(17-2)19-12-14-7-6-10-20-14;/h3-5,8-9,13-14H,6-7,10-12H2,1-2H3,(H2,17,18,19);1H. The summed E-state index contributed by atoms with van der Waals surface area (Å²) in [6.45, 7) is 4.83. The first-order valence-corrected chi connectivity index (χ1v) is 8.43. The summed E-state index contributed by atoms with van der Waals surface area (Å²) in [6, 6.07) is 10.5. The summed E-state index contributed by atoms with van der Waals surface area (Å²) in [6.07, 6.45) is 2.65. The monoisotopic (exact) mass is 435 g/mol. The summed E-state index contributed by atoms with van der Waals surface area (Å²) in [7, 11) is 1.81. The van der Waals surface area contributed by atoms with Crippen molar-refractivity contribution < 1.29 is 4.74 Å². The van der Waals surface area contributed by atoms with E-state index in [1.165, 1.54) is 11.3 Å². The highest BCUT2D eigenvalue weighted by molar-refractivity contribution is 14.0. The summed E-state index contributed by atoms with van der Waals surface area (Å²) in [5.41, 5.74) is 0. The lowest BCUT2D eigenvalue weighted by atomic mass is 10.2. The average Bonchev–Trinajstić information content (AvgIpc) is 3.02. The summed E-state index contributed by atoms with van der Waals surface area (Å²) in [4.78, 5) is 5.56. The Morgan fingerprint density at radius 1 is 1.36 bits per heavy atom. The molecule has 1 fully saturated rings. The van der Waals surface area contributed by atoms with Gasteiger partial charge in [-0.1, -0.05) is 25.1 Å². The molecule has 6 heteroatoms. The minimum absolute atomic E-state index is 0. The van der Waals surface area contributed by atoms with Crippen LogP contribution in [-0.4, -0.2) is 44.1 Å². The first kappa shape index (κ1) is 19.6. The van der Waals surface area contributed by atoms with E-state index < -0.39 is 0 Å². The number of ether oxygens (including phenoxy) is 1. The zero-order valence-electron chi connectivity index (χ0n) is 13.2. The van der Waals surface area contributed by atoms with Crippen LogP contribution in [0, 0.1) is 0 Å². The molecule has 2 rings (SSSR count). The van der Waals surface area contributed by atoms with Gasteiger partial charge in [-0.25, -0.2) is 0 Å². The molecule has 0 aromatic heterocycles. The predicted octanol–water partition coefficient (Wildman–Crippen LogP) is 3.13. The Hall–Kier alpha value is -0.470. The van der Waals surface area contributed by atoms with Gasteiger partial charge in [0.1, 0.15) is 0 Å². The molecule has 0 saturated carbocycles. The number of aliphatic imine (C=N–C) groups is 1. The lowest BCUT2D eigenvalue weighted by Crippen LogP contribution is -2.42. The number of hydrogen-bond donors (Lipinski definition) is 2. The smallest absolute Gasteiger partial charge is 0.191 e. The molecule has 0 radical (unpaired) electrons. The second kappa shape index (κ2) is 11.1. The molecule has 2 unspecified atom stereocenters. The molecule has 0 bridgehead atoms. The molecule has 0 spiro atoms. The van der Waals surface area contributed by atoms with Crippen LogP contribution >= 0.6 is 35.7 Å². The quantitative estimate of drug-likeness (QED) is 0.312. The number of nitrogens with zero attached hydrogens (tertiary/aromatic N) is 1. The Bertz CT molecular complexity index is 438. The fraction of sp³-hybridized carbons (Fsp3) is 0.562. The molecule has 2 N–H and O–H groups in total. The molecule has 22 heavy (non-hydrogen) atoms. The molecule has 0 amide bonds. The number of benzene rings is 1.